The highest BCUT2D eigenvalue weighted by molar-refractivity contribution is 5.71. The van der Waals surface area contributed by atoms with Crippen LogP contribution in [0.4, 0.5) is 0 Å². The van der Waals surface area contributed by atoms with Gasteiger partial charge in [0.05, 0.1) is 0 Å². The number of ether oxygens (including phenoxy) is 3. The fourth-order valence-electron chi connectivity index (χ4n) is 7.17. The Balaban J connectivity index is 4.22. The maximum atomic E-state index is 12.7. The summed E-state index contributed by atoms with van der Waals surface area (Å²) in [6.45, 7) is 6.38. The molecule has 0 amide bonds. The Labute approximate surface area is 430 Å². The molecule has 394 valence electrons. The van der Waals surface area contributed by atoms with Gasteiger partial charge in [0.25, 0.3) is 0 Å². The van der Waals surface area contributed by atoms with Gasteiger partial charge in [-0.15, -0.1) is 0 Å². The molecule has 0 aliphatic heterocycles. The van der Waals surface area contributed by atoms with Crippen molar-refractivity contribution in [3.05, 3.63) is 134 Å². The van der Waals surface area contributed by atoms with Crippen molar-refractivity contribution < 1.29 is 28.6 Å². The minimum absolute atomic E-state index is 0.0982. The van der Waals surface area contributed by atoms with Gasteiger partial charge in [-0.2, -0.15) is 0 Å². The lowest BCUT2D eigenvalue weighted by atomic mass is 10.1. The molecule has 0 aromatic rings. The van der Waals surface area contributed by atoms with E-state index in [1.807, 2.05) is 0 Å². The Kier molecular flexibility index (Phi) is 53.5. The van der Waals surface area contributed by atoms with E-state index in [0.717, 1.165) is 128 Å². The Morgan fingerprint density at radius 2 is 0.557 bits per heavy atom. The number of rotatable bonds is 49. The summed E-state index contributed by atoms with van der Waals surface area (Å²) in [5, 5.41) is 0. The minimum Gasteiger partial charge on any atom is -0.462 e. The van der Waals surface area contributed by atoms with Crippen LogP contribution in [0.3, 0.4) is 0 Å². The highest BCUT2D eigenvalue weighted by Crippen LogP contribution is 2.12. The van der Waals surface area contributed by atoms with Crippen LogP contribution in [0.2, 0.25) is 0 Å². The Morgan fingerprint density at radius 1 is 0.300 bits per heavy atom. The first-order valence-electron chi connectivity index (χ1n) is 28.2. The number of hydrogen-bond acceptors (Lipinski definition) is 6. The van der Waals surface area contributed by atoms with Gasteiger partial charge >= 0.3 is 17.9 Å². The van der Waals surface area contributed by atoms with E-state index in [4.69, 9.17) is 14.2 Å². The molecule has 0 rings (SSSR count). The number of carbonyl (C=O) groups is 3. The van der Waals surface area contributed by atoms with E-state index in [-0.39, 0.29) is 31.1 Å². The summed E-state index contributed by atoms with van der Waals surface area (Å²) < 4.78 is 16.7. The Hall–Kier alpha value is -4.45. The molecule has 6 heteroatoms. The third-order valence-corrected chi connectivity index (χ3v) is 11.4. The van der Waals surface area contributed by atoms with Crippen molar-refractivity contribution in [1.29, 1.82) is 0 Å². The van der Waals surface area contributed by atoms with Crippen LogP contribution in [0.15, 0.2) is 134 Å². The van der Waals surface area contributed by atoms with Crippen LogP contribution < -0.4 is 0 Å². The summed E-state index contributed by atoms with van der Waals surface area (Å²) in [6.07, 6.45) is 80.5. The van der Waals surface area contributed by atoms with Gasteiger partial charge in [-0.25, -0.2) is 0 Å². The summed E-state index contributed by atoms with van der Waals surface area (Å²) in [4.78, 5) is 37.7. The van der Waals surface area contributed by atoms with Crippen LogP contribution in [0, 0.1) is 0 Å². The quantitative estimate of drug-likeness (QED) is 0.0262. The van der Waals surface area contributed by atoms with E-state index < -0.39 is 6.10 Å². The molecule has 1 unspecified atom stereocenters. The van der Waals surface area contributed by atoms with Crippen molar-refractivity contribution in [2.75, 3.05) is 13.2 Å². The van der Waals surface area contributed by atoms with Gasteiger partial charge in [0, 0.05) is 19.3 Å². The van der Waals surface area contributed by atoms with Gasteiger partial charge in [-0.05, 0) is 122 Å². The SMILES string of the molecule is CC/C=C\C/C=C\C/C=C\C/C=C\C/C=C\C/C=C\C/C=C\C/C=C\C/C=C\C/C=C\CCCCC(=O)OCC(COC(=O)CCCCCCCC)OC(=O)CCCCCCC/C=C\CCCCCC. The maximum Gasteiger partial charge on any atom is 0.306 e. The largest absolute Gasteiger partial charge is 0.462 e. The van der Waals surface area contributed by atoms with Crippen LogP contribution in [-0.2, 0) is 28.6 Å². The second-order valence-corrected chi connectivity index (χ2v) is 18.1. The van der Waals surface area contributed by atoms with Gasteiger partial charge < -0.3 is 14.2 Å². The average Bonchev–Trinajstić information content (AvgIpc) is 3.36. The summed E-state index contributed by atoms with van der Waals surface area (Å²) in [5.41, 5.74) is 0. The first-order valence-corrected chi connectivity index (χ1v) is 28.2. The van der Waals surface area contributed by atoms with Crippen molar-refractivity contribution in [3.8, 4) is 0 Å². The fourth-order valence-corrected chi connectivity index (χ4v) is 7.17. The van der Waals surface area contributed by atoms with E-state index >= 15 is 0 Å². The van der Waals surface area contributed by atoms with Crippen molar-refractivity contribution in [1.82, 2.24) is 0 Å². The number of unbranched alkanes of at least 4 members (excludes halogenated alkanes) is 16. The molecule has 0 radical (unpaired) electrons. The topological polar surface area (TPSA) is 78.9 Å². The number of esters is 3. The minimum atomic E-state index is -0.799. The molecule has 0 N–H and O–H groups in total. The van der Waals surface area contributed by atoms with E-state index in [2.05, 4.69) is 154 Å². The molecule has 0 fully saturated rings. The number of hydrogen-bond donors (Lipinski definition) is 0. The van der Waals surface area contributed by atoms with Gasteiger partial charge in [0.1, 0.15) is 13.2 Å². The van der Waals surface area contributed by atoms with Crippen LogP contribution in [0.25, 0.3) is 0 Å². The highest BCUT2D eigenvalue weighted by atomic mass is 16.6. The molecule has 0 saturated heterocycles. The first kappa shape index (κ1) is 65.5. The van der Waals surface area contributed by atoms with Crippen LogP contribution in [0.1, 0.15) is 233 Å². The van der Waals surface area contributed by atoms with Crippen molar-refractivity contribution in [2.45, 2.75) is 239 Å². The molecule has 0 aromatic heterocycles. The Bertz CT molecular complexity index is 1530. The zero-order valence-corrected chi connectivity index (χ0v) is 45.0. The molecule has 0 aliphatic rings. The highest BCUT2D eigenvalue weighted by Gasteiger charge is 2.19. The lowest BCUT2D eigenvalue weighted by Gasteiger charge is -2.18. The van der Waals surface area contributed by atoms with Gasteiger partial charge in [-0.3, -0.25) is 14.4 Å². The fraction of sp³-hybridized carbons (Fsp3) is 0.609. The average molecular weight is 968 g/mol. The normalized spacial score (nSPS) is 13.1. The molecule has 0 aromatic carbocycles. The van der Waals surface area contributed by atoms with E-state index in [1.54, 1.807) is 0 Å². The van der Waals surface area contributed by atoms with Gasteiger partial charge in [0.15, 0.2) is 6.10 Å². The molecular formula is C64H102O6. The molecule has 1 atom stereocenters. The van der Waals surface area contributed by atoms with E-state index in [0.29, 0.717) is 25.7 Å². The smallest absolute Gasteiger partial charge is 0.306 e. The number of carbonyl (C=O) groups excluding carboxylic acids is 3. The third-order valence-electron chi connectivity index (χ3n) is 11.4. The van der Waals surface area contributed by atoms with Crippen LogP contribution in [-0.4, -0.2) is 37.2 Å². The zero-order chi connectivity index (χ0) is 50.7. The van der Waals surface area contributed by atoms with Crippen LogP contribution in [0.5, 0.6) is 0 Å². The van der Waals surface area contributed by atoms with Crippen molar-refractivity contribution in [3.63, 3.8) is 0 Å². The maximum absolute atomic E-state index is 12.7. The second kappa shape index (κ2) is 57.1. The molecule has 0 bridgehead atoms. The first-order chi connectivity index (χ1) is 34.5. The predicted molar refractivity (Wildman–Crippen MR) is 302 cm³/mol. The Morgan fingerprint density at radius 3 is 0.929 bits per heavy atom. The van der Waals surface area contributed by atoms with E-state index in [9.17, 15) is 14.4 Å². The lowest BCUT2D eigenvalue weighted by molar-refractivity contribution is -0.167. The van der Waals surface area contributed by atoms with Crippen molar-refractivity contribution >= 4 is 17.9 Å². The molecule has 6 nitrogen and oxygen atoms in total. The summed E-state index contributed by atoms with van der Waals surface area (Å²) in [6, 6.07) is 0. The molecule has 0 heterocycles. The summed E-state index contributed by atoms with van der Waals surface area (Å²) >= 11 is 0. The predicted octanol–water partition coefficient (Wildman–Crippen LogP) is 19.0. The zero-order valence-electron chi connectivity index (χ0n) is 45.0. The molecule has 0 spiro atoms. The monoisotopic (exact) mass is 967 g/mol. The lowest BCUT2D eigenvalue weighted by Crippen LogP contribution is -2.30. The molecule has 70 heavy (non-hydrogen) atoms. The second-order valence-electron chi connectivity index (χ2n) is 18.1. The van der Waals surface area contributed by atoms with Gasteiger partial charge in [-0.1, -0.05) is 225 Å². The molecule has 0 aliphatic carbocycles. The van der Waals surface area contributed by atoms with E-state index in [1.165, 1.54) is 57.8 Å². The molecule has 0 saturated carbocycles. The van der Waals surface area contributed by atoms with Crippen molar-refractivity contribution in [2.24, 2.45) is 0 Å². The number of allylic oxidation sites excluding steroid dienone is 22. The summed E-state index contributed by atoms with van der Waals surface area (Å²) in [5.74, 6) is -0.971. The molecular weight excluding hydrogens is 865 g/mol. The third kappa shape index (κ3) is 54.5. The summed E-state index contributed by atoms with van der Waals surface area (Å²) in [7, 11) is 0. The standard InChI is InChI=1S/C64H102O6/c1-4-7-10-13-16-18-20-22-23-24-25-26-27-28-29-30-31-32-33-34-35-36-37-38-39-40-41-43-44-46-48-51-54-57-63(66)69-60-61(59-68-62(65)56-53-50-15-12-9-6-3)70-64(67)58-55-52-49-47-45-42-21-19-17-14-11-8-5-2/h7,10,16,18-19,21-23,25-26,28-29,31-32,34-35,37-38,40-41,44,46,61H,4-6,8-9,11-15,17,20,24,27,30,33,36,39,42-43,45,47-60H2,1-3H3/b10-7-,18-16-,21-19-,23-22-,26-25-,29-28-,32-31-,35-34-,38-37-,41-40-,46-44-. The van der Waals surface area contributed by atoms with Crippen LogP contribution >= 0.6 is 0 Å². The van der Waals surface area contributed by atoms with Gasteiger partial charge in [0.2, 0.25) is 0 Å².